The van der Waals surface area contributed by atoms with Gasteiger partial charge in [-0.3, -0.25) is 4.90 Å². The average molecular weight is 363 g/mol. The minimum absolute atomic E-state index is 0.231. The second kappa shape index (κ2) is 9.07. The Kier molecular flexibility index (Phi) is 6.54. The zero-order valence-electron chi connectivity index (χ0n) is 14.3. The Morgan fingerprint density at radius 1 is 0.880 bits per heavy atom. The van der Waals surface area contributed by atoms with Gasteiger partial charge in [0, 0.05) is 36.9 Å². The van der Waals surface area contributed by atoms with E-state index in [1.165, 1.54) is 17.8 Å². The molecule has 1 heterocycles. The van der Waals surface area contributed by atoms with Gasteiger partial charge >= 0.3 is 0 Å². The number of hydrogen-bond acceptors (Lipinski definition) is 3. The van der Waals surface area contributed by atoms with Gasteiger partial charge in [0.15, 0.2) is 0 Å². The molecular weight excluding hydrogens is 339 g/mol. The molecule has 2 aromatic carbocycles. The quantitative estimate of drug-likeness (QED) is 0.676. The number of halogens is 2. The average Bonchev–Trinajstić information content (AvgIpc) is 2.64. The summed E-state index contributed by atoms with van der Waals surface area (Å²) in [5.74, 6) is 0.503. The number of unbranched alkanes of at least 4 members (excludes halogenated alkanes) is 1. The Bertz CT molecular complexity index is 640. The molecule has 3 rings (SSSR count). The third-order valence-corrected chi connectivity index (χ3v) is 4.77. The highest BCUT2D eigenvalue weighted by Crippen LogP contribution is 2.19. The van der Waals surface area contributed by atoms with Gasteiger partial charge in [-0.15, -0.1) is 0 Å². The van der Waals surface area contributed by atoms with Crippen molar-refractivity contribution >= 4 is 17.3 Å². The zero-order chi connectivity index (χ0) is 17.5. The molecule has 0 aromatic heterocycles. The van der Waals surface area contributed by atoms with Gasteiger partial charge in [0.2, 0.25) is 0 Å². The van der Waals surface area contributed by atoms with Crippen molar-refractivity contribution in [2.45, 2.75) is 12.8 Å². The van der Waals surface area contributed by atoms with E-state index in [9.17, 15) is 4.39 Å². The molecule has 1 aliphatic heterocycles. The van der Waals surface area contributed by atoms with Gasteiger partial charge in [-0.25, -0.2) is 4.39 Å². The fourth-order valence-corrected chi connectivity index (χ4v) is 3.17. The first-order valence-electron chi connectivity index (χ1n) is 8.82. The maximum atomic E-state index is 12.8. The van der Waals surface area contributed by atoms with Crippen LogP contribution in [0.15, 0.2) is 48.5 Å². The molecule has 25 heavy (non-hydrogen) atoms. The maximum absolute atomic E-state index is 12.8. The van der Waals surface area contributed by atoms with Crippen molar-refractivity contribution in [1.29, 1.82) is 0 Å². The molecule has 0 unspecified atom stereocenters. The van der Waals surface area contributed by atoms with Gasteiger partial charge in [0.1, 0.15) is 11.6 Å². The van der Waals surface area contributed by atoms with Crippen molar-refractivity contribution < 1.29 is 9.13 Å². The number of anilines is 1. The van der Waals surface area contributed by atoms with Crippen molar-refractivity contribution in [2.75, 3.05) is 44.2 Å². The smallest absolute Gasteiger partial charge is 0.123 e. The molecule has 0 radical (unpaired) electrons. The molecule has 0 spiro atoms. The van der Waals surface area contributed by atoms with E-state index in [1.54, 1.807) is 12.1 Å². The molecule has 1 aliphatic rings. The van der Waals surface area contributed by atoms with Crippen LogP contribution in [0.5, 0.6) is 5.75 Å². The molecule has 0 atom stereocenters. The van der Waals surface area contributed by atoms with E-state index in [0.717, 1.165) is 56.3 Å². The molecule has 0 N–H and O–H groups in total. The first kappa shape index (κ1) is 18.0. The number of rotatable bonds is 7. The molecule has 134 valence electrons. The van der Waals surface area contributed by atoms with E-state index in [4.69, 9.17) is 16.3 Å². The molecule has 5 heteroatoms. The van der Waals surface area contributed by atoms with Crippen LogP contribution in [0.4, 0.5) is 10.1 Å². The lowest BCUT2D eigenvalue weighted by atomic mass is 10.2. The van der Waals surface area contributed by atoms with Crippen LogP contribution in [0, 0.1) is 5.82 Å². The van der Waals surface area contributed by atoms with Gasteiger partial charge in [0.25, 0.3) is 0 Å². The topological polar surface area (TPSA) is 15.7 Å². The molecule has 0 saturated carbocycles. The lowest BCUT2D eigenvalue weighted by Crippen LogP contribution is -2.46. The van der Waals surface area contributed by atoms with Crippen LogP contribution in [0.3, 0.4) is 0 Å². The van der Waals surface area contributed by atoms with Crippen molar-refractivity contribution in [3.63, 3.8) is 0 Å². The summed E-state index contributed by atoms with van der Waals surface area (Å²) in [5.41, 5.74) is 1.25. The first-order chi connectivity index (χ1) is 12.2. The fraction of sp³-hybridized carbons (Fsp3) is 0.400. The summed E-state index contributed by atoms with van der Waals surface area (Å²) >= 11 is 5.95. The van der Waals surface area contributed by atoms with Gasteiger partial charge in [-0.1, -0.05) is 11.6 Å². The minimum Gasteiger partial charge on any atom is -0.494 e. The molecule has 0 bridgehead atoms. The van der Waals surface area contributed by atoms with E-state index < -0.39 is 0 Å². The normalized spacial score (nSPS) is 15.4. The minimum atomic E-state index is -0.231. The predicted octanol–water partition coefficient (Wildman–Crippen LogP) is 4.46. The zero-order valence-corrected chi connectivity index (χ0v) is 15.1. The van der Waals surface area contributed by atoms with Gasteiger partial charge in [-0.2, -0.15) is 0 Å². The summed E-state index contributed by atoms with van der Waals surface area (Å²) < 4.78 is 18.4. The summed E-state index contributed by atoms with van der Waals surface area (Å²) in [5, 5.41) is 0.783. The molecule has 0 amide bonds. The summed E-state index contributed by atoms with van der Waals surface area (Å²) in [4.78, 5) is 4.91. The maximum Gasteiger partial charge on any atom is 0.123 e. The molecule has 2 aromatic rings. The predicted molar refractivity (Wildman–Crippen MR) is 101 cm³/mol. The molecule has 3 nitrogen and oxygen atoms in total. The Balaban J connectivity index is 1.30. The standard InChI is InChI=1S/C20H24ClFN2O/c21-17-3-7-19(8-4-17)24-14-12-23(13-15-24)11-1-2-16-25-20-9-5-18(22)6-10-20/h3-10H,1-2,11-16H2. The SMILES string of the molecule is Fc1ccc(OCCCCN2CCN(c3ccc(Cl)cc3)CC2)cc1. The van der Waals surface area contributed by atoms with Crippen LogP contribution in [-0.4, -0.2) is 44.2 Å². The first-order valence-corrected chi connectivity index (χ1v) is 9.20. The van der Waals surface area contributed by atoms with Crippen LogP contribution in [0.1, 0.15) is 12.8 Å². The number of piperazine rings is 1. The van der Waals surface area contributed by atoms with Gasteiger partial charge in [-0.05, 0) is 67.9 Å². The number of ether oxygens (including phenoxy) is 1. The van der Waals surface area contributed by atoms with E-state index in [-0.39, 0.29) is 5.82 Å². The second-order valence-electron chi connectivity index (χ2n) is 6.31. The third-order valence-electron chi connectivity index (χ3n) is 4.52. The number of nitrogens with zero attached hydrogens (tertiary/aromatic N) is 2. The van der Waals surface area contributed by atoms with Crippen LogP contribution >= 0.6 is 11.6 Å². The van der Waals surface area contributed by atoms with Crippen LogP contribution in [-0.2, 0) is 0 Å². The van der Waals surface area contributed by atoms with Gasteiger partial charge < -0.3 is 9.64 Å². The van der Waals surface area contributed by atoms with Crippen molar-refractivity contribution in [3.05, 3.63) is 59.4 Å². The van der Waals surface area contributed by atoms with E-state index in [1.807, 2.05) is 12.1 Å². The lowest BCUT2D eigenvalue weighted by Gasteiger charge is -2.36. The van der Waals surface area contributed by atoms with E-state index in [2.05, 4.69) is 21.9 Å². The molecule has 1 fully saturated rings. The van der Waals surface area contributed by atoms with Crippen LogP contribution in [0.2, 0.25) is 5.02 Å². The molecule has 0 aliphatic carbocycles. The van der Waals surface area contributed by atoms with Crippen molar-refractivity contribution in [3.8, 4) is 5.75 Å². The largest absolute Gasteiger partial charge is 0.494 e. The highest BCUT2D eigenvalue weighted by atomic mass is 35.5. The summed E-state index contributed by atoms with van der Waals surface area (Å²) in [6.45, 7) is 6.04. The molecular formula is C20H24ClFN2O. The highest BCUT2D eigenvalue weighted by molar-refractivity contribution is 6.30. The van der Waals surface area contributed by atoms with Crippen LogP contribution in [0.25, 0.3) is 0 Å². The number of hydrogen-bond donors (Lipinski definition) is 0. The Labute approximate surface area is 154 Å². The Morgan fingerprint density at radius 3 is 2.24 bits per heavy atom. The summed E-state index contributed by atoms with van der Waals surface area (Å²) in [7, 11) is 0. The molecule has 1 saturated heterocycles. The van der Waals surface area contributed by atoms with Crippen molar-refractivity contribution in [2.24, 2.45) is 0 Å². The lowest BCUT2D eigenvalue weighted by molar-refractivity contribution is 0.238. The Hall–Kier alpha value is -1.78. The second-order valence-corrected chi connectivity index (χ2v) is 6.75. The third kappa shape index (κ3) is 5.62. The van der Waals surface area contributed by atoms with E-state index in [0.29, 0.717) is 6.61 Å². The van der Waals surface area contributed by atoms with Crippen molar-refractivity contribution in [1.82, 2.24) is 4.90 Å². The Morgan fingerprint density at radius 2 is 1.56 bits per heavy atom. The highest BCUT2D eigenvalue weighted by Gasteiger charge is 2.16. The van der Waals surface area contributed by atoms with Crippen LogP contribution < -0.4 is 9.64 Å². The number of benzene rings is 2. The van der Waals surface area contributed by atoms with E-state index >= 15 is 0 Å². The monoisotopic (exact) mass is 362 g/mol. The summed E-state index contributed by atoms with van der Waals surface area (Å²) in [6, 6.07) is 14.3. The van der Waals surface area contributed by atoms with Gasteiger partial charge in [0.05, 0.1) is 6.61 Å². The summed E-state index contributed by atoms with van der Waals surface area (Å²) in [6.07, 6.45) is 2.12. The fourth-order valence-electron chi connectivity index (χ4n) is 3.04.